The highest BCUT2D eigenvalue weighted by Crippen LogP contribution is 2.32. The largest absolute Gasteiger partial charge is 0.351 e. The molecule has 4 heteroatoms. The van der Waals surface area contributed by atoms with Gasteiger partial charge in [-0.3, -0.25) is 0 Å². The molecule has 3 atom stereocenters. The Morgan fingerprint density at radius 2 is 2.25 bits per heavy atom. The smallest absolute Gasteiger partial charge is 0.224 e. The van der Waals surface area contributed by atoms with E-state index in [4.69, 9.17) is 5.26 Å². The van der Waals surface area contributed by atoms with Crippen molar-refractivity contribution in [2.45, 2.75) is 32.7 Å². The first-order chi connectivity index (χ1) is 7.70. The van der Waals surface area contributed by atoms with Crippen LogP contribution in [0.25, 0.3) is 0 Å². The monoisotopic (exact) mass is 216 g/mol. The Morgan fingerprint density at radius 3 is 2.88 bits per heavy atom. The summed E-state index contributed by atoms with van der Waals surface area (Å²) in [5.41, 5.74) is 0.413. The maximum Gasteiger partial charge on any atom is 0.224 e. The van der Waals surface area contributed by atoms with Crippen LogP contribution in [0.5, 0.6) is 0 Å². The molecule has 0 radical (unpaired) electrons. The summed E-state index contributed by atoms with van der Waals surface area (Å²) in [6.45, 7) is 4.53. The van der Waals surface area contributed by atoms with E-state index in [9.17, 15) is 0 Å². The molecule has 1 aromatic rings. The number of hydrogen-bond donors (Lipinski definition) is 1. The highest BCUT2D eigenvalue weighted by Gasteiger charge is 2.29. The number of rotatable bonds is 2. The zero-order valence-electron chi connectivity index (χ0n) is 9.64. The molecular formula is C12H16N4. The van der Waals surface area contributed by atoms with Gasteiger partial charge in [-0.25, -0.2) is 9.97 Å². The Bertz CT molecular complexity index is 410. The van der Waals surface area contributed by atoms with E-state index < -0.39 is 0 Å². The molecule has 4 nitrogen and oxygen atoms in total. The molecule has 84 valence electrons. The maximum atomic E-state index is 8.75. The van der Waals surface area contributed by atoms with E-state index in [1.165, 1.54) is 6.42 Å². The Balaban J connectivity index is 2.07. The molecule has 0 amide bonds. The van der Waals surface area contributed by atoms with Crippen LogP contribution in [-0.2, 0) is 0 Å². The number of hydrogen-bond acceptors (Lipinski definition) is 4. The van der Waals surface area contributed by atoms with Crippen molar-refractivity contribution in [3.05, 3.63) is 18.0 Å². The molecule has 0 bridgehead atoms. The highest BCUT2D eigenvalue weighted by atomic mass is 15.1. The van der Waals surface area contributed by atoms with Crippen LogP contribution in [0.2, 0.25) is 0 Å². The minimum absolute atomic E-state index is 0.413. The molecule has 16 heavy (non-hydrogen) atoms. The topological polar surface area (TPSA) is 61.6 Å². The molecule has 1 N–H and O–H groups in total. The Hall–Kier alpha value is -1.63. The van der Waals surface area contributed by atoms with Crippen molar-refractivity contribution < 1.29 is 0 Å². The van der Waals surface area contributed by atoms with Gasteiger partial charge in [-0.05, 0) is 30.7 Å². The zero-order valence-corrected chi connectivity index (χ0v) is 9.64. The van der Waals surface area contributed by atoms with Crippen LogP contribution in [0.1, 0.15) is 32.4 Å². The fourth-order valence-electron chi connectivity index (χ4n) is 2.22. The van der Waals surface area contributed by atoms with Crippen LogP contribution in [0.15, 0.2) is 12.3 Å². The molecule has 1 saturated carbocycles. The molecule has 1 heterocycles. The van der Waals surface area contributed by atoms with Gasteiger partial charge in [0.25, 0.3) is 0 Å². The first kappa shape index (κ1) is 10.9. The SMILES string of the molecule is CC1CCC(Nc2nccc(C#N)n2)C1C. The van der Waals surface area contributed by atoms with Crippen LogP contribution in [-0.4, -0.2) is 16.0 Å². The number of aromatic nitrogens is 2. The summed E-state index contributed by atoms with van der Waals surface area (Å²) in [5, 5.41) is 12.1. The maximum absolute atomic E-state index is 8.75. The van der Waals surface area contributed by atoms with E-state index in [-0.39, 0.29) is 0 Å². The second-order valence-electron chi connectivity index (χ2n) is 4.54. The minimum Gasteiger partial charge on any atom is -0.351 e. The quantitative estimate of drug-likeness (QED) is 0.823. The molecule has 0 aromatic carbocycles. The summed E-state index contributed by atoms with van der Waals surface area (Å²) in [7, 11) is 0. The van der Waals surface area contributed by atoms with Crippen molar-refractivity contribution in [2.24, 2.45) is 11.8 Å². The summed E-state index contributed by atoms with van der Waals surface area (Å²) in [5.74, 6) is 1.95. The van der Waals surface area contributed by atoms with Crippen LogP contribution >= 0.6 is 0 Å². The van der Waals surface area contributed by atoms with E-state index in [1.54, 1.807) is 12.3 Å². The second-order valence-corrected chi connectivity index (χ2v) is 4.54. The predicted octanol–water partition coefficient (Wildman–Crippen LogP) is 2.19. The molecule has 0 aliphatic heterocycles. The molecule has 1 aliphatic rings. The van der Waals surface area contributed by atoms with Gasteiger partial charge in [0.2, 0.25) is 5.95 Å². The van der Waals surface area contributed by atoms with Gasteiger partial charge in [0, 0.05) is 12.2 Å². The lowest BCUT2D eigenvalue weighted by atomic mass is 9.98. The summed E-state index contributed by atoms with van der Waals surface area (Å²) >= 11 is 0. The van der Waals surface area contributed by atoms with E-state index in [0.717, 1.165) is 12.3 Å². The first-order valence-corrected chi connectivity index (χ1v) is 5.70. The summed E-state index contributed by atoms with van der Waals surface area (Å²) in [6.07, 6.45) is 4.02. The molecule has 1 fully saturated rings. The third-order valence-electron chi connectivity index (χ3n) is 3.55. The number of anilines is 1. The molecule has 1 aromatic heterocycles. The van der Waals surface area contributed by atoms with Crippen molar-refractivity contribution >= 4 is 5.95 Å². The number of nitrogens with zero attached hydrogens (tertiary/aromatic N) is 3. The van der Waals surface area contributed by atoms with Crippen LogP contribution < -0.4 is 5.32 Å². The Morgan fingerprint density at radius 1 is 1.44 bits per heavy atom. The normalized spacial score (nSPS) is 28.7. The predicted molar refractivity (Wildman–Crippen MR) is 61.7 cm³/mol. The van der Waals surface area contributed by atoms with E-state index in [2.05, 4.69) is 29.1 Å². The second kappa shape index (κ2) is 4.48. The Labute approximate surface area is 95.7 Å². The van der Waals surface area contributed by atoms with Gasteiger partial charge < -0.3 is 5.32 Å². The molecule has 1 aliphatic carbocycles. The summed E-state index contributed by atoms with van der Waals surface area (Å²) < 4.78 is 0. The van der Waals surface area contributed by atoms with Gasteiger partial charge in [-0.2, -0.15) is 5.26 Å². The van der Waals surface area contributed by atoms with Crippen molar-refractivity contribution in [2.75, 3.05) is 5.32 Å². The summed E-state index contributed by atoms with van der Waals surface area (Å²) in [4.78, 5) is 8.27. The van der Waals surface area contributed by atoms with Gasteiger partial charge in [0.15, 0.2) is 0 Å². The van der Waals surface area contributed by atoms with Crippen molar-refractivity contribution in [1.82, 2.24) is 9.97 Å². The lowest BCUT2D eigenvalue weighted by Gasteiger charge is -2.19. The molecule has 0 saturated heterocycles. The van der Waals surface area contributed by atoms with Crippen molar-refractivity contribution in [1.29, 1.82) is 5.26 Å². The van der Waals surface area contributed by atoms with Gasteiger partial charge in [-0.1, -0.05) is 13.8 Å². The van der Waals surface area contributed by atoms with Crippen LogP contribution in [0.3, 0.4) is 0 Å². The van der Waals surface area contributed by atoms with Gasteiger partial charge >= 0.3 is 0 Å². The standard InChI is InChI=1S/C12H16N4/c1-8-3-4-11(9(8)2)16-12-14-6-5-10(7-13)15-12/h5-6,8-9,11H,3-4H2,1-2H3,(H,14,15,16). The summed E-state index contributed by atoms with van der Waals surface area (Å²) in [6, 6.07) is 4.07. The zero-order chi connectivity index (χ0) is 11.5. The number of nitrogens with one attached hydrogen (secondary N) is 1. The fraction of sp³-hybridized carbons (Fsp3) is 0.583. The Kier molecular flexibility index (Phi) is 3.04. The van der Waals surface area contributed by atoms with Gasteiger partial charge in [-0.15, -0.1) is 0 Å². The van der Waals surface area contributed by atoms with E-state index in [1.807, 2.05) is 6.07 Å². The minimum atomic E-state index is 0.413. The van der Waals surface area contributed by atoms with Crippen LogP contribution in [0.4, 0.5) is 5.95 Å². The van der Waals surface area contributed by atoms with E-state index >= 15 is 0 Å². The first-order valence-electron chi connectivity index (χ1n) is 5.70. The average Bonchev–Trinajstić information content (AvgIpc) is 2.61. The average molecular weight is 216 g/mol. The highest BCUT2D eigenvalue weighted by molar-refractivity contribution is 5.31. The van der Waals surface area contributed by atoms with Gasteiger partial charge in [0.1, 0.15) is 11.8 Å². The molecule has 0 spiro atoms. The van der Waals surface area contributed by atoms with Crippen molar-refractivity contribution in [3.8, 4) is 6.07 Å². The third kappa shape index (κ3) is 2.13. The lowest BCUT2D eigenvalue weighted by molar-refractivity contribution is 0.434. The number of nitriles is 1. The van der Waals surface area contributed by atoms with Gasteiger partial charge in [0.05, 0.1) is 0 Å². The lowest BCUT2D eigenvalue weighted by Crippen LogP contribution is -2.25. The molecular weight excluding hydrogens is 200 g/mol. The molecule has 2 rings (SSSR count). The third-order valence-corrected chi connectivity index (χ3v) is 3.55. The van der Waals surface area contributed by atoms with Crippen LogP contribution in [0, 0.1) is 23.2 Å². The molecule has 3 unspecified atom stereocenters. The van der Waals surface area contributed by atoms with E-state index in [0.29, 0.717) is 23.6 Å². The van der Waals surface area contributed by atoms with Crippen molar-refractivity contribution in [3.63, 3.8) is 0 Å². The fourth-order valence-corrected chi connectivity index (χ4v) is 2.22.